The number of methoxy groups -OCH3 is 1. The van der Waals surface area contributed by atoms with Gasteiger partial charge in [-0.25, -0.2) is 0 Å². The molecule has 0 bridgehead atoms. The van der Waals surface area contributed by atoms with E-state index in [0.29, 0.717) is 5.75 Å². The van der Waals surface area contributed by atoms with Crippen molar-refractivity contribution in [3.8, 4) is 11.5 Å². The molecule has 0 saturated heterocycles. The summed E-state index contributed by atoms with van der Waals surface area (Å²) in [5.41, 5.74) is 2.27. The van der Waals surface area contributed by atoms with Gasteiger partial charge in [0.05, 0.1) is 13.2 Å². The molecule has 0 fully saturated rings. The Morgan fingerprint density at radius 2 is 1.72 bits per heavy atom. The molecular formula is C21H27NO3. The minimum Gasteiger partial charge on any atom is -0.496 e. The average Bonchev–Trinajstić information content (AvgIpc) is 2.59. The number of rotatable bonds is 6. The molecule has 1 atom stereocenters. The molecule has 2 rings (SSSR count). The van der Waals surface area contributed by atoms with Crippen LogP contribution in [-0.2, 0) is 10.2 Å². The Hall–Kier alpha value is -2.49. The molecule has 4 heteroatoms. The van der Waals surface area contributed by atoms with Crippen molar-refractivity contribution in [1.82, 2.24) is 5.32 Å². The van der Waals surface area contributed by atoms with Crippen molar-refractivity contribution in [2.75, 3.05) is 13.7 Å². The molecule has 0 radical (unpaired) electrons. The lowest BCUT2D eigenvalue weighted by molar-refractivity contribution is -0.123. The van der Waals surface area contributed by atoms with E-state index >= 15 is 0 Å². The van der Waals surface area contributed by atoms with Gasteiger partial charge in [-0.1, -0.05) is 51.1 Å². The predicted octanol–water partition coefficient (Wildman–Crippen LogP) is 4.25. The summed E-state index contributed by atoms with van der Waals surface area (Å²) in [5, 5.41) is 2.93. The van der Waals surface area contributed by atoms with Gasteiger partial charge in [0.15, 0.2) is 6.61 Å². The summed E-state index contributed by atoms with van der Waals surface area (Å²) >= 11 is 0. The minimum absolute atomic E-state index is 0.0195. The molecule has 2 aromatic carbocycles. The van der Waals surface area contributed by atoms with Crippen LogP contribution in [0.15, 0.2) is 48.5 Å². The van der Waals surface area contributed by atoms with Gasteiger partial charge in [0.2, 0.25) is 0 Å². The average molecular weight is 341 g/mol. The number of ether oxygens (including phenoxy) is 2. The fraction of sp³-hybridized carbons (Fsp3) is 0.381. The molecule has 4 nitrogen and oxygen atoms in total. The zero-order chi connectivity index (χ0) is 18.4. The van der Waals surface area contributed by atoms with Gasteiger partial charge in [-0.3, -0.25) is 4.79 Å². The maximum absolute atomic E-state index is 12.1. The van der Waals surface area contributed by atoms with Crippen molar-refractivity contribution >= 4 is 5.91 Å². The Labute approximate surface area is 150 Å². The van der Waals surface area contributed by atoms with Crippen LogP contribution < -0.4 is 14.8 Å². The maximum atomic E-state index is 12.1. The Kier molecular flexibility index (Phi) is 6.07. The molecule has 1 amide bonds. The molecule has 0 spiro atoms. The van der Waals surface area contributed by atoms with Gasteiger partial charge in [0.1, 0.15) is 11.5 Å². The lowest BCUT2D eigenvalue weighted by atomic mass is 9.87. The fourth-order valence-corrected chi connectivity index (χ4v) is 2.59. The molecule has 1 N–H and O–H groups in total. The van der Waals surface area contributed by atoms with E-state index in [0.717, 1.165) is 11.3 Å². The highest BCUT2D eigenvalue weighted by Gasteiger charge is 2.15. The number of amides is 1. The van der Waals surface area contributed by atoms with Crippen LogP contribution >= 0.6 is 0 Å². The Balaban J connectivity index is 1.90. The molecule has 0 heterocycles. The van der Waals surface area contributed by atoms with Crippen molar-refractivity contribution < 1.29 is 14.3 Å². The third-order valence-corrected chi connectivity index (χ3v) is 4.07. The van der Waals surface area contributed by atoms with Crippen LogP contribution in [0.4, 0.5) is 0 Å². The number of para-hydroxylation sites is 1. The summed E-state index contributed by atoms with van der Waals surface area (Å²) in [4.78, 5) is 12.1. The largest absolute Gasteiger partial charge is 0.496 e. The summed E-state index contributed by atoms with van der Waals surface area (Å²) in [5.74, 6) is 1.28. The molecule has 0 unspecified atom stereocenters. The summed E-state index contributed by atoms with van der Waals surface area (Å²) in [6.45, 7) is 8.39. The Bertz CT molecular complexity index is 702. The van der Waals surface area contributed by atoms with Crippen molar-refractivity contribution in [3.63, 3.8) is 0 Å². The first-order chi connectivity index (χ1) is 11.8. The van der Waals surface area contributed by atoms with E-state index in [-0.39, 0.29) is 24.0 Å². The summed E-state index contributed by atoms with van der Waals surface area (Å²) in [6, 6.07) is 15.4. The standard InChI is InChI=1S/C21H27NO3/c1-15(18-8-6-7-9-19(18)24-5)22-20(23)14-25-17-12-10-16(11-13-17)21(2,3)4/h6-13,15H,14H2,1-5H3,(H,22,23)/t15-/m0/s1. The van der Waals surface area contributed by atoms with Crippen LogP contribution in [0.5, 0.6) is 11.5 Å². The first-order valence-electron chi connectivity index (χ1n) is 8.47. The van der Waals surface area contributed by atoms with Crippen molar-refractivity contribution in [1.29, 1.82) is 0 Å². The van der Waals surface area contributed by atoms with Crippen LogP contribution in [-0.4, -0.2) is 19.6 Å². The molecular weight excluding hydrogens is 314 g/mol. The van der Waals surface area contributed by atoms with E-state index in [1.54, 1.807) is 7.11 Å². The predicted molar refractivity (Wildman–Crippen MR) is 100 cm³/mol. The van der Waals surface area contributed by atoms with E-state index in [4.69, 9.17) is 9.47 Å². The number of benzene rings is 2. The number of hydrogen-bond acceptors (Lipinski definition) is 3. The molecule has 0 aliphatic rings. The molecule has 134 valence electrons. The van der Waals surface area contributed by atoms with Crippen LogP contribution in [0.25, 0.3) is 0 Å². The topological polar surface area (TPSA) is 47.6 Å². The number of nitrogens with one attached hydrogen (secondary N) is 1. The third-order valence-electron chi connectivity index (χ3n) is 4.07. The van der Waals surface area contributed by atoms with E-state index in [1.807, 2.05) is 55.5 Å². The van der Waals surface area contributed by atoms with Crippen LogP contribution in [0.1, 0.15) is 44.9 Å². The quantitative estimate of drug-likeness (QED) is 0.854. The van der Waals surface area contributed by atoms with Gasteiger partial charge in [0, 0.05) is 5.56 Å². The lowest BCUT2D eigenvalue weighted by Gasteiger charge is -2.19. The fourth-order valence-electron chi connectivity index (χ4n) is 2.59. The van der Waals surface area contributed by atoms with Gasteiger partial charge in [-0.05, 0) is 36.1 Å². The molecule has 0 aromatic heterocycles. The van der Waals surface area contributed by atoms with E-state index < -0.39 is 0 Å². The summed E-state index contributed by atoms with van der Waals surface area (Å²) in [7, 11) is 1.62. The van der Waals surface area contributed by atoms with Gasteiger partial charge >= 0.3 is 0 Å². The van der Waals surface area contributed by atoms with Gasteiger partial charge < -0.3 is 14.8 Å². The molecule has 0 aliphatic heterocycles. The van der Waals surface area contributed by atoms with Gasteiger partial charge in [-0.15, -0.1) is 0 Å². The molecule has 0 saturated carbocycles. The molecule has 2 aromatic rings. The SMILES string of the molecule is COc1ccccc1[C@H](C)NC(=O)COc1ccc(C(C)(C)C)cc1. The first-order valence-corrected chi connectivity index (χ1v) is 8.47. The number of hydrogen-bond donors (Lipinski definition) is 1. The number of carbonyl (C=O) groups is 1. The van der Waals surface area contributed by atoms with Gasteiger partial charge in [0.25, 0.3) is 5.91 Å². The van der Waals surface area contributed by atoms with Gasteiger partial charge in [-0.2, -0.15) is 0 Å². The zero-order valence-electron chi connectivity index (χ0n) is 15.6. The highest BCUT2D eigenvalue weighted by molar-refractivity contribution is 5.78. The van der Waals surface area contributed by atoms with Crippen LogP contribution in [0.2, 0.25) is 0 Å². The lowest BCUT2D eigenvalue weighted by Crippen LogP contribution is -2.31. The number of carbonyl (C=O) groups excluding carboxylic acids is 1. The van der Waals surface area contributed by atoms with E-state index in [1.165, 1.54) is 5.56 Å². The highest BCUT2D eigenvalue weighted by atomic mass is 16.5. The first kappa shape index (κ1) is 18.8. The Morgan fingerprint density at radius 1 is 1.08 bits per heavy atom. The summed E-state index contributed by atoms with van der Waals surface area (Å²) < 4.78 is 10.9. The third kappa shape index (κ3) is 5.24. The summed E-state index contributed by atoms with van der Waals surface area (Å²) in [6.07, 6.45) is 0. The van der Waals surface area contributed by atoms with Crippen molar-refractivity contribution in [2.24, 2.45) is 0 Å². The minimum atomic E-state index is -0.168. The monoisotopic (exact) mass is 341 g/mol. The van der Waals surface area contributed by atoms with E-state index in [2.05, 4.69) is 26.1 Å². The van der Waals surface area contributed by atoms with Crippen LogP contribution in [0, 0.1) is 0 Å². The van der Waals surface area contributed by atoms with E-state index in [9.17, 15) is 4.79 Å². The second-order valence-corrected chi connectivity index (χ2v) is 7.09. The van der Waals surface area contributed by atoms with Crippen LogP contribution in [0.3, 0.4) is 0 Å². The highest BCUT2D eigenvalue weighted by Crippen LogP contribution is 2.25. The second kappa shape index (κ2) is 8.06. The maximum Gasteiger partial charge on any atom is 0.258 e. The van der Waals surface area contributed by atoms with Crippen molar-refractivity contribution in [2.45, 2.75) is 39.2 Å². The molecule has 0 aliphatic carbocycles. The molecule has 25 heavy (non-hydrogen) atoms. The van der Waals surface area contributed by atoms with Crippen molar-refractivity contribution in [3.05, 3.63) is 59.7 Å². The smallest absolute Gasteiger partial charge is 0.258 e. The zero-order valence-corrected chi connectivity index (χ0v) is 15.6. The second-order valence-electron chi connectivity index (χ2n) is 7.09. The Morgan fingerprint density at radius 3 is 2.32 bits per heavy atom. The normalized spacial score (nSPS) is 12.4.